The molecule has 1 atom stereocenters. The van der Waals surface area contributed by atoms with E-state index in [9.17, 15) is 23.5 Å². The number of urea groups is 1. The minimum atomic E-state index is -1.15. The summed E-state index contributed by atoms with van der Waals surface area (Å²) in [6, 6.07) is 7.39. The lowest BCUT2D eigenvalue weighted by Crippen LogP contribution is -2.41. The molecular weight excluding hydrogens is 488 g/mol. The number of nitrogens with zero attached hydrogens (tertiary/aromatic N) is 1. The quantitative estimate of drug-likeness (QED) is 0.326. The highest BCUT2D eigenvalue weighted by molar-refractivity contribution is 7.80. The molecule has 0 spiro atoms. The van der Waals surface area contributed by atoms with Gasteiger partial charge < -0.3 is 25.4 Å². The Bertz CT molecular complexity index is 1080. The van der Waals surface area contributed by atoms with E-state index in [0.717, 1.165) is 12.1 Å². The molecule has 0 saturated carbocycles. The molecule has 2 aromatic carbocycles. The number of carbonyl (C=O) groups is 2. The lowest BCUT2D eigenvalue weighted by Gasteiger charge is -2.35. The van der Waals surface area contributed by atoms with Gasteiger partial charge in [-0.2, -0.15) is 12.6 Å². The number of carbonyl (C=O) groups excluding carboxylic acids is 1. The Balaban J connectivity index is 2.02. The minimum Gasteiger partial charge on any atom is -0.481 e. The first-order valence-corrected chi connectivity index (χ1v) is 12.4. The third kappa shape index (κ3) is 6.67. The second-order valence-corrected chi connectivity index (χ2v) is 10.5. The Hall–Kier alpha value is -2.85. The van der Waals surface area contributed by atoms with Gasteiger partial charge in [0.25, 0.3) is 0 Å². The van der Waals surface area contributed by atoms with E-state index < -0.39 is 29.0 Å². The van der Waals surface area contributed by atoms with Crippen molar-refractivity contribution in [3.63, 3.8) is 0 Å². The third-order valence-electron chi connectivity index (χ3n) is 6.14. The summed E-state index contributed by atoms with van der Waals surface area (Å²) in [6.45, 7) is 8.00. The van der Waals surface area contributed by atoms with Crippen LogP contribution in [0.4, 0.5) is 30.6 Å². The van der Waals surface area contributed by atoms with Crippen molar-refractivity contribution in [3.8, 4) is 0 Å². The number of ether oxygens (including phenoxy) is 1. The van der Waals surface area contributed by atoms with Crippen molar-refractivity contribution < 1.29 is 28.2 Å². The molecule has 7 nitrogen and oxygen atoms in total. The molecule has 2 aromatic rings. The first kappa shape index (κ1) is 27.7. The van der Waals surface area contributed by atoms with Crippen molar-refractivity contribution >= 4 is 41.7 Å². The zero-order chi connectivity index (χ0) is 26.5. The molecule has 0 bridgehead atoms. The first-order chi connectivity index (χ1) is 17.0. The van der Waals surface area contributed by atoms with E-state index in [1.807, 2.05) is 13.0 Å². The third-order valence-corrected chi connectivity index (χ3v) is 6.31. The van der Waals surface area contributed by atoms with E-state index in [4.69, 9.17) is 4.74 Å². The van der Waals surface area contributed by atoms with Crippen LogP contribution in [-0.2, 0) is 14.9 Å². The average molecular weight is 522 g/mol. The number of nitrogens with one attached hydrogen (secondary N) is 2. The summed E-state index contributed by atoms with van der Waals surface area (Å²) in [5, 5.41) is 15.3. The number of carboxylic acid groups (broad SMARTS) is 1. The second-order valence-electron chi connectivity index (χ2n) is 9.58. The van der Waals surface area contributed by atoms with Crippen LogP contribution in [0.15, 0.2) is 36.4 Å². The van der Waals surface area contributed by atoms with Crippen LogP contribution in [-0.4, -0.2) is 48.7 Å². The monoisotopic (exact) mass is 521 g/mol. The van der Waals surface area contributed by atoms with Crippen molar-refractivity contribution in [2.45, 2.75) is 44.3 Å². The van der Waals surface area contributed by atoms with Crippen LogP contribution in [0.25, 0.3) is 0 Å². The Morgan fingerprint density at radius 2 is 1.72 bits per heavy atom. The van der Waals surface area contributed by atoms with E-state index in [-0.39, 0.29) is 10.9 Å². The van der Waals surface area contributed by atoms with Crippen molar-refractivity contribution in [1.82, 2.24) is 0 Å². The summed E-state index contributed by atoms with van der Waals surface area (Å²) in [7, 11) is 0. The highest BCUT2D eigenvalue weighted by atomic mass is 32.1. The number of halogens is 2. The van der Waals surface area contributed by atoms with E-state index >= 15 is 0 Å². The average Bonchev–Trinajstić information content (AvgIpc) is 2.80. The summed E-state index contributed by atoms with van der Waals surface area (Å²) in [4.78, 5) is 27.3. The molecule has 0 aliphatic carbocycles. The molecule has 0 radical (unpaired) electrons. The van der Waals surface area contributed by atoms with Crippen LogP contribution in [0.2, 0.25) is 0 Å². The Morgan fingerprint density at radius 1 is 1.06 bits per heavy atom. The molecule has 36 heavy (non-hydrogen) atoms. The number of amides is 2. The summed E-state index contributed by atoms with van der Waals surface area (Å²) in [6.07, 6.45) is 0.606. The normalized spacial score (nSPS) is 15.9. The van der Waals surface area contributed by atoms with Crippen LogP contribution < -0.4 is 15.5 Å². The van der Waals surface area contributed by atoms with Gasteiger partial charge in [0.15, 0.2) is 0 Å². The Kier molecular flexibility index (Phi) is 9.19. The molecule has 0 aromatic heterocycles. The smallest absolute Gasteiger partial charge is 0.323 e. The molecule has 1 unspecified atom stereocenters. The molecule has 3 N–H and O–H groups in total. The topological polar surface area (TPSA) is 90.9 Å². The fourth-order valence-electron chi connectivity index (χ4n) is 4.45. The maximum atomic E-state index is 14.1. The molecule has 10 heteroatoms. The highest BCUT2D eigenvalue weighted by Crippen LogP contribution is 2.39. The Morgan fingerprint density at radius 3 is 2.31 bits per heavy atom. The molecule has 1 saturated heterocycles. The zero-order valence-corrected chi connectivity index (χ0v) is 21.6. The van der Waals surface area contributed by atoms with E-state index in [1.165, 1.54) is 0 Å². The lowest BCUT2D eigenvalue weighted by molar-refractivity contribution is -0.147. The predicted molar refractivity (Wildman–Crippen MR) is 140 cm³/mol. The van der Waals surface area contributed by atoms with Crippen molar-refractivity contribution in [2.24, 2.45) is 5.92 Å². The SMILES string of the molecule is CC(C)CN(CC(C)S)c1ccc(C2(C(=O)O)CCOCC2)cc1NC(=O)Nc1ccc(F)cc1F. The number of rotatable bonds is 9. The van der Waals surface area contributed by atoms with E-state index in [1.54, 1.807) is 12.1 Å². The fraction of sp³-hybridized carbons (Fsp3) is 0.462. The summed E-state index contributed by atoms with van der Waals surface area (Å²) >= 11 is 4.54. The van der Waals surface area contributed by atoms with Crippen molar-refractivity contribution in [1.29, 1.82) is 0 Å². The summed E-state index contributed by atoms with van der Waals surface area (Å²) < 4.78 is 32.8. The first-order valence-electron chi connectivity index (χ1n) is 11.9. The molecular formula is C26H33F2N3O4S. The standard InChI is InChI=1S/C26H33F2N3O4S/c1-16(2)14-31(15-17(3)36)23-7-4-18(26(24(32)33)8-10-35-11-9-26)12-22(23)30-25(34)29-21-6-5-19(27)13-20(21)28/h4-7,12-13,16-17,36H,8-11,14-15H2,1-3H3,(H,32,33)(H2,29,30,34). The number of anilines is 3. The molecule has 2 amide bonds. The largest absolute Gasteiger partial charge is 0.481 e. The van der Waals surface area contributed by atoms with Gasteiger partial charge in [-0.3, -0.25) is 4.79 Å². The van der Waals surface area contributed by atoms with Gasteiger partial charge in [0.1, 0.15) is 11.6 Å². The molecule has 1 aliphatic heterocycles. The van der Waals surface area contributed by atoms with Crippen molar-refractivity contribution in [2.75, 3.05) is 41.8 Å². The summed E-state index contributed by atoms with van der Waals surface area (Å²) in [5.74, 6) is -2.32. The van der Waals surface area contributed by atoms with Crippen LogP contribution in [0, 0.1) is 17.6 Å². The van der Waals surface area contributed by atoms with Crippen LogP contribution >= 0.6 is 12.6 Å². The number of aliphatic carboxylic acids is 1. The minimum absolute atomic E-state index is 0.0271. The number of hydrogen-bond acceptors (Lipinski definition) is 5. The van der Waals surface area contributed by atoms with Gasteiger partial charge in [-0.1, -0.05) is 26.8 Å². The molecule has 1 aliphatic rings. The lowest BCUT2D eigenvalue weighted by atomic mass is 9.74. The second kappa shape index (κ2) is 11.9. The molecule has 1 fully saturated rings. The molecule has 196 valence electrons. The maximum absolute atomic E-state index is 14.1. The van der Waals surface area contributed by atoms with Gasteiger partial charge in [-0.05, 0) is 48.6 Å². The number of hydrogen-bond donors (Lipinski definition) is 4. The zero-order valence-electron chi connectivity index (χ0n) is 20.7. The Labute approximate surface area is 215 Å². The molecule has 1 heterocycles. The van der Waals surface area contributed by atoms with Crippen LogP contribution in [0.5, 0.6) is 0 Å². The van der Waals surface area contributed by atoms with Gasteiger partial charge >= 0.3 is 12.0 Å². The number of benzene rings is 2. The van der Waals surface area contributed by atoms with E-state index in [2.05, 4.69) is 42.0 Å². The maximum Gasteiger partial charge on any atom is 0.323 e. The van der Waals surface area contributed by atoms with Gasteiger partial charge in [0.2, 0.25) is 0 Å². The van der Waals surface area contributed by atoms with Crippen LogP contribution in [0.3, 0.4) is 0 Å². The fourth-order valence-corrected chi connectivity index (χ4v) is 4.65. The van der Waals surface area contributed by atoms with Gasteiger partial charge in [-0.25, -0.2) is 13.6 Å². The van der Waals surface area contributed by atoms with E-state index in [0.29, 0.717) is 68.1 Å². The number of carboxylic acids is 1. The predicted octanol–water partition coefficient (Wildman–Crippen LogP) is 5.52. The van der Waals surface area contributed by atoms with Crippen LogP contribution in [0.1, 0.15) is 39.2 Å². The van der Waals surface area contributed by atoms with Gasteiger partial charge in [-0.15, -0.1) is 0 Å². The summed E-state index contributed by atoms with van der Waals surface area (Å²) in [5.41, 5.74) is 0.298. The van der Waals surface area contributed by atoms with Crippen molar-refractivity contribution in [3.05, 3.63) is 53.6 Å². The van der Waals surface area contributed by atoms with Gasteiger partial charge in [0.05, 0.1) is 22.5 Å². The molecule has 3 rings (SSSR count). The number of thiol groups is 1. The highest BCUT2D eigenvalue weighted by Gasteiger charge is 2.42. The van der Waals surface area contributed by atoms with Gasteiger partial charge in [0, 0.05) is 37.6 Å².